The fourth-order valence-corrected chi connectivity index (χ4v) is 2.17. The smallest absolute Gasteiger partial charge is 0.297 e. The van der Waals surface area contributed by atoms with Crippen LogP contribution in [0.1, 0.15) is 5.56 Å². The molecule has 0 saturated heterocycles. The molecule has 7 nitrogen and oxygen atoms in total. The number of rotatable bonds is 2. The maximum Gasteiger partial charge on any atom is 0.297 e. The molecule has 0 spiro atoms. The van der Waals surface area contributed by atoms with Crippen molar-refractivity contribution >= 4 is 5.69 Å². The number of nitrogens with one attached hydrogen (secondary N) is 1. The number of aromatic nitrogens is 3. The van der Waals surface area contributed by atoms with Gasteiger partial charge in [-0.25, -0.2) is 0 Å². The van der Waals surface area contributed by atoms with Gasteiger partial charge in [-0.1, -0.05) is 12.1 Å². The molecule has 2 heterocycles. The summed E-state index contributed by atoms with van der Waals surface area (Å²) in [6, 6.07) is 8.12. The van der Waals surface area contributed by atoms with Gasteiger partial charge >= 0.3 is 0 Å². The van der Waals surface area contributed by atoms with Gasteiger partial charge in [-0.15, -0.1) is 10.2 Å². The first kappa shape index (κ1) is 12.9. The molecule has 0 radical (unpaired) electrons. The number of hydrogen-bond donors (Lipinski definition) is 1. The van der Waals surface area contributed by atoms with Gasteiger partial charge in [0.1, 0.15) is 5.69 Å². The minimum absolute atomic E-state index is 0.00424. The first-order valence-corrected chi connectivity index (χ1v) is 6.17. The first-order chi connectivity index (χ1) is 10.1. The summed E-state index contributed by atoms with van der Waals surface area (Å²) in [5.74, 6) is 0. The van der Waals surface area contributed by atoms with Gasteiger partial charge in [0.25, 0.3) is 11.2 Å². The highest BCUT2D eigenvalue weighted by Gasteiger charge is 2.18. The molecule has 1 N–H and O–H groups in total. The van der Waals surface area contributed by atoms with E-state index >= 15 is 0 Å². The van der Waals surface area contributed by atoms with Gasteiger partial charge in [0, 0.05) is 23.4 Å². The van der Waals surface area contributed by atoms with E-state index in [1.54, 1.807) is 37.4 Å². The van der Waals surface area contributed by atoms with Crippen molar-refractivity contribution in [1.29, 1.82) is 0 Å². The molecule has 2 aliphatic rings. The molecular formula is C14H10N4O3. The third-order valence-electron chi connectivity index (χ3n) is 3.24. The number of hydrogen-bond acceptors (Lipinski definition) is 5. The Balaban J connectivity index is 2.27. The van der Waals surface area contributed by atoms with Gasteiger partial charge < -0.3 is 4.98 Å². The summed E-state index contributed by atoms with van der Waals surface area (Å²) < 4.78 is 0. The molecule has 2 aliphatic heterocycles. The molecule has 0 aliphatic carbocycles. The quantitative estimate of drug-likeness (QED) is 0.573. The van der Waals surface area contributed by atoms with Gasteiger partial charge in [0.2, 0.25) is 0 Å². The van der Waals surface area contributed by atoms with Crippen molar-refractivity contribution in [1.82, 2.24) is 15.2 Å². The van der Waals surface area contributed by atoms with Crippen molar-refractivity contribution < 1.29 is 4.92 Å². The van der Waals surface area contributed by atoms with Crippen molar-refractivity contribution in [3.05, 3.63) is 62.6 Å². The lowest BCUT2D eigenvalue weighted by molar-refractivity contribution is -0.385. The summed E-state index contributed by atoms with van der Waals surface area (Å²) in [5.41, 5.74) is 1.98. The van der Waals surface area contributed by atoms with E-state index < -0.39 is 10.5 Å². The Hall–Kier alpha value is -3.09. The van der Waals surface area contributed by atoms with Crippen LogP contribution in [-0.2, 0) is 0 Å². The molecule has 21 heavy (non-hydrogen) atoms. The summed E-state index contributed by atoms with van der Waals surface area (Å²) in [5, 5.41) is 18.5. The van der Waals surface area contributed by atoms with Crippen molar-refractivity contribution in [2.24, 2.45) is 0 Å². The van der Waals surface area contributed by atoms with E-state index in [0.29, 0.717) is 28.1 Å². The van der Waals surface area contributed by atoms with Gasteiger partial charge in [0.15, 0.2) is 0 Å². The van der Waals surface area contributed by atoms with Gasteiger partial charge in [-0.2, -0.15) is 0 Å². The Labute approximate surface area is 118 Å². The van der Waals surface area contributed by atoms with Crippen LogP contribution in [0, 0.1) is 17.0 Å². The third kappa shape index (κ3) is 2.14. The van der Waals surface area contributed by atoms with E-state index in [0.717, 1.165) is 0 Å². The Morgan fingerprint density at radius 1 is 1.24 bits per heavy atom. The lowest BCUT2D eigenvalue weighted by Crippen LogP contribution is -2.14. The van der Waals surface area contributed by atoms with E-state index in [2.05, 4.69) is 15.2 Å². The third-order valence-corrected chi connectivity index (χ3v) is 3.24. The van der Waals surface area contributed by atoms with Crippen molar-refractivity contribution in [2.75, 3.05) is 0 Å². The number of aromatic amines is 1. The Bertz CT molecular complexity index is 872. The van der Waals surface area contributed by atoms with E-state index in [-0.39, 0.29) is 5.69 Å². The number of pyridine rings is 1. The predicted octanol–water partition coefficient (Wildman–Crippen LogP) is 2.15. The van der Waals surface area contributed by atoms with Crippen LogP contribution >= 0.6 is 0 Å². The average molecular weight is 282 g/mol. The van der Waals surface area contributed by atoms with Crippen LogP contribution < -0.4 is 5.56 Å². The van der Waals surface area contributed by atoms with E-state index in [9.17, 15) is 14.9 Å². The molecule has 0 atom stereocenters. The maximum atomic E-state index is 11.7. The number of fused-ring (bicyclic) bond motifs is 1. The van der Waals surface area contributed by atoms with E-state index in [1.165, 1.54) is 6.07 Å². The number of nitro benzene ring substituents is 1. The Morgan fingerprint density at radius 3 is 2.81 bits per heavy atom. The molecule has 0 aromatic heterocycles. The number of nitrogens with zero attached hydrogens (tertiary/aromatic N) is 3. The summed E-state index contributed by atoms with van der Waals surface area (Å²) in [6.45, 7) is 1.67. The minimum Gasteiger partial charge on any atom is -0.359 e. The van der Waals surface area contributed by atoms with Crippen LogP contribution in [0.3, 0.4) is 0 Å². The second-order valence-corrected chi connectivity index (χ2v) is 4.57. The van der Waals surface area contributed by atoms with Crippen LogP contribution in [0.2, 0.25) is 0 Å². The van der Waals surface area contributed by atoms with Gasteiger partial charge in [-0.3, -0.25) is 14.9 Å². The summed E-state index contributed by atoms with van der Waals surface area (Å²) in [7, 11) is 0. The largest absolute Gasteiger partial charge is 0.359 e. The highest BCUT2D eigenvalue weighted by Crippen LogP contribution is 2.30. The number of benzene rings is 1. The molecular weight excluding hydrogens is 272 g/mol. The Morgan fingerprint density at radius 2 is 2.05 bits per heavy atom. The van der Waals surface area contributed by atoms with E-state index in [4.69, 9.17) is 0 Å². The molecule has 0 fully saturated rings. The van der Waals surface area contributed by atoms with Crippen molar-refractivity contribution in [3.8, 4) is 22.5 Å². The molecule has 0 amide bonds. The van der Waals surface area contributed by atoms with Gasteiger partial charge in [-0.05, 0) is 19.1 Å². The molecule has 104 valence electrons. The zero-order valence-electron chi connectivity index (χ0n) is 11.0. The van der Waals surface area contributed by atoms with Crippen LogP contribution in [-0.4, -0.2) is 20.1 Å². The summed E-state index contributed by atoms with van der Waals surface area (Å²) in [6.07, 6.45) is 1.66. The van der Waals surface area contributed by atoms with Crippen LogP contribution in [0.15, 0.2) is 41.3 Å². The zero-order valence-corrected chi connectivity index (χ0v) is 11.0. The molecule has 1 aromatic carbocycles. The zero-order chi connectivity index (χ0) is 15.0. The molecule has 1 aromatic rings. The summed E-state index contributed by atoms with van der Waals surface area (Å²) in [4.78, 5) is 25.2. The lowest BCUT2D eigenvalue weighted by Gasteiger charge is -2.09. The summed E-state index contributed by atoms with van der Waals surface area (Å²) >= 11 is 0. The standard InChI is InChI=1S/C14H10N4O3/c1-8-4-5-9(7-11(8)18(20)21)12-13-10(3-2-6-15-13)14(19)17-16-12/h2-7,15H,1H3. The normalized spacial score (nSPS) is 10.7. The van der Waals surface area contributed by atoms with Crippen LogP contribution in [0.4, 0.5) is 5.69 Å². The fraction of sp³-hybridized carbons (Fsp3) is 0.0714. The molecule has 0 unspecified atom stereocenters. The molecule has 3 rings (SSSR count). The first-order valence-electron chi connectivity index (χ1n) is 6.17. The van der Waals surface area contributed by atoms with Crippen LogP contribution in [0.25, 0.3) is 22.5 Å². The predicted molar refractivity (Wildman–Crippen MR) is 76.1 cm³/mol. The van der Waals surface area contributed by atoms with Crippen molar-refractivity contribution in [3.63, 3.8) is 0 Å². The number of nitro groups is 1. The van der Waals surface area contributed by atoms with E-state index in [1.807, 2.05) is 0 Å². The Kier molecular flexibility index (Phi) is 2.94. The SMILES string of the molecule is Cc1ccc(-c2nnc(=O)c3ccc[nH]c2-3)cc1[N+](=O)[O-]. The number of aryl methyl sites for hydroxylation is 1. The monoisotopic (exact) mass is 282 g/mol. The van der Waals surface area contributed by atoms with Crippen molar-refractivity contribution in [2.45, 2.75) is 6.92 Å². The minimum atomic E-state index is -0.444. The molecule has 0 saturated carbocycles. The highest BCUT2D eigenvalue weighted by molar-refractivity contribution is 5.78. The topological polar surface area (TPSA) is 102 Å². The maximum absolute atomic E-state index is 11.7. The molecule has 0 bridgehead atoms. The highest BCUT2D eigenvalue weighted by atomic mass is 16.6. The van der Waals surface area contributed by atoms with Crippen LogP contribution in [0.5, 0.6) is 0 Å². The lowest BCUT2D eigenvalue weighted by atomic mass is 10.0. The second-order valence-electron chi connectivity index (χ2n) is 4.57. The fourth-order valence-electron chi connectivity index (χ4n) is 2.17. The number of H-pyrrole nitrogens is 1. The average Bonchev–Trinajstić information content (AvgIpc) is 2.48. The second kappa shape index (κ2) is 4.78. The van der Waals surface area contributed by atoms with Gasteiger partial charge in [0.05, 0.1) is 16.2 Å². The molecule has 7 heteroatoms.